The van der Waals surface area contributed by atoms with E-state index >= 15 is 0 Å². The zero-order chi connectivity index (χ0) is 16.2. The molecule has 0 aliphatic heterocycles. The second-order valence-corrected chi connectivity index (χ2v) is 10.8. The molecule has 0 saturated heterocycles. The molecule has 0 aliphatic carbocycles. The summed E-state index contributed by atoms with van der Waals surface area (Å²) in [6.07, 6.45) is 0. The van der Waals surface area contributed by atoms with Crippen LogP contribution in [0.3, 0.4) is 0 Å². The van der Waals surface area contributed by atoms with Crippen LogP contribution in [0.5, 0.6) is 0 Å². The van der Waals surface area contributed by atoms with E-state index in [9.17, 15) is 4.79 Å². The Bertz CT molecular complexity index is 635. The minimum absolute atomic E-state index is 0.103. The van der Waals surface area contributed by atoms with Crippen molar-refractivity contribution in [3.8, 4) is 0 Å². The molecule has 1 atom stereocenters. The normalized spacial score (nSPS) is 12.7. The Labute approximate surface area is 134 Å². The highest BCUT2D eigenvalue weighted by atomic mass is 28.3. The van der Waals surface area contributed by atoms with Gasteiger partial charge in [0.1, 0.15) is 8.07 Å². The fraction of sp³-hybridized carbons (Fsp3) is 0.316. The van der Waals surface area contributed by atoms with Crippen molar-refractivity contribution in [3.05, 3.63) is 65.7 Å². The number of aryl methyl sites for hydroxylation is 1. The summed E-state index contributed by atoms with van der Waals surface area (Å²) in [5, 5.41) is 1.27. The van der Waals surface area contributed by atoms with Crippen molar-refractivity contribution in [1.82, 2.24) is 0 Å². The fourth-order valence-electron chi connectivity index (χ4n) is 2.96. The molecule has 116 valence electrons. The van der Waals surface area contributed by atoms with E-state index in [4.69, 9.17) is 4.74 Å². The van der Waals surface area contributed by atoms with Gasteiger partial charge in [-0.25, -0.2) is 0 Å². The van der Waals surface area contributed by atoms with Gasteiger partial charge in [0.05, 0.1) is 12.1 Å². The quantitative estimate of drug-likeness (QED) is 0.620. The number of hydrogen-bond acceptors (Lipinski definition) is 2. The number of carbonyl (C=O) groups is 1. The molecular formula is C19H24O2Si. The van der Waals surface area contributed by atoms with E-state index in [0.717, 1.165) is 5.56 Å². The summed E-state index contributed by atoms with van der Waals surface area (Å²) in [6.45, 7) is 8.82. The largest absolute Gasteiger partial charge is 0.466 e. The monoisotopic (exact) mass is 312 g/mol. The first-order valence-electron chi connectivity index (χ1n) is 7.75. The molecule has 0 heterocycles. The third-order valence-electron chi connectivity index (χ3n) is 4.14. The number of esters is 1. The molecule has 0 unspecified atom stereocenters. The molecule has 22 heavy (non-hydrogen) atoms. The smallest absolute Gasteiger partial charge is 0.310 e. The van der Waals surface area contributed by atoms with Gasteiger partial charge in [0.2, 0.25) is 0 Å². The molecule has 2 nitrogen and oxygen atoms in total. The number of benzene rings is 2. The maximum Gasteiger partial charge on any atom is 0.310 e. The van der Waals surface area contributed by atoms with Crippen molar-refractivity contribution in [2.75, 3.05) is 6.61 Å². The number of ether oxygens (including phenoxy) is 1. The lowest BCUT2D eigenvalue weighted by molar-refractivity contribution is -0.143. The second kappa shape index (κ2) is 6.92. The van der Waals surface area contributed by atoms with E-state index in [1.54, 1.807) is 0 Å². The highest BCUT2D eigenvalue weighted by molar-refractivity contribution is 6.93. The highest BCUT2D eigenvalue weighted by Crippen LogP contribution is 2.29. The van der Waals surface area contributed by atoms with Crippen LogP contribution >= 0.6 is 0 Å². The molecular weight excluding hydrogens is 288 g/mol. The predicted molar refractivity (Wildman–Crippen MR) is 94.1 cm³/mol. The van der Waals surface area contributed by atoms with Crippen LogP contribution in [0, 0.1) is 6.92 Å². The van der Waals surface area contributed by atoms with E-state index in [1.807, 2.05) is 37.3 Å². The molecule has 0 aliphatic rings. The molecule has 0 amide bonds. The van der Waals surface area contributed by atoms with E-state index in [-0.39, 0.29) is 11.5 Å². The molecule has 0 aromatic heterocycles. The van der Waals surface area contributed by atoms with Gasteiger partial charge < -0.3 is 4.74 Å². The molecule has 2 aromatic carbocycles. The summed E-state index contributed by atoms with van der Waals surface area (Å²) in [5.74, 6) is -0.103. The van der Waals surface area contributed by atoms with Crippen molar-refractivity contribution in [1.29, 1.82) is 0 Å². The zero-order valence-corrected chi connectivity index (χ0v) is 14.8. The van der Waals surface area contributed by atoms with Gasteiger partial charge >= 0.3 is 5.97 Å². The summed E-state index contributed by atoms with van der Waals surface area (Å²) >= 11 is 0. The standard InChI is InChI=1S/C19H24O2Si/c1-5-21-19(20)18(16-11-9-10-15(2)14-16)22(3,4)17-12-7-6-8-13-17/h6-14,18H,5H2,1-4H3/t18-/m1/s1. The molecule has 0 N–H and O–H groups in total. The van der Waals surface area contributed by atoms with E-state index < -0.39 is 8.07 Å². The van der Waals surface area contributed by atoms with Crippen LogP contribution in [-0.2, 0) is 9.53 Å². The average molecular weight is 312 g/mol. The third-order valence-corrected chi connectivity index (χ3v) is 7.97. The van der Waals surface area contributed by atoms with Crippen LogP contribution in [0.1, 0.15) is 23.6 Å². The molecule has 0 fully saturated rings. The second-order valence-electron chi connectivity index (χ2n) is 6.19. The lowest BCUT2D eigenvalue weighted by Gasteiger charge is -2.32. The molecule has 2 aromatic rings. The molecule has 0 bridgehead atoms. The minimum Gasteiger partial charge on any atom is -0.466 e. The number of rotatable bonds is 5. The Morgan fingerprint density at radius 2 is 1.77 bits per heavy atom. The topological polar surface area (TPSA) is 26.3 Å². The van der Waals surface area contributed by atoms with Crippen LogP contribution in [0.25, 0.3) is 0 Å². The van der Waals surface area contributed by atoms with E-state index in [0.29, 0.717) is 6.61 Å². The SMILES string of the molecule is CCOC(=O)[C@@H](c1cccc(C)c1)[Si](C)(C)c1ccccc1. The van der Waals surface area contributed by atoms with Gasteiger partial charge in [-0.3, -0.25) is 4.79 Å². The average Bonchev–Trinajstić information content (AvgIpc) is 2.48. The lowest BCUT2D eigenvalue weighted by atomic mass is 10.1. The van der Waals surface area contributed by atoms with Crippen molar-refractivity contribution in [3.63, 3.8) is 0 Å². The van der Waals surface area contributed by atoms with Crippen LogP contribution in [0.2, 0.25) is 13.1 Å². The van der Waals surface area contributed by atoms with Crippen molar-refractivity contribution < 1.29 is 9.53 Å². The van der Waals surface area contributed by atoms with Crippen molar-refractivity contribution in [2.24, 2.45) is 0 Å². The molecule has 2 rings (SSSR count). The summed E-state index contributed by atoms with van der Waals surface area (Å²) < 4.78 is 5.40. The van der Waals surface area contributed by atoms with Gasteiger partial charge in [-0.2, -0.15) is 0 Å². The van der Waals surface area contributed by atoms with E-state index in [2.05, 4.69) is 44.3 Å². The molecule has 3 heteroatoms. The summed E-state index contributed by atoms with van der Waals surface area (Å²) in [5.41, 5.74) is 2.05. The highest BCUT2D eigenvalue weighted by Gasteiger charge is 2.40. The number of carbonyl (C=O) groups excluding carboxylic acids is 1. The van der Waals surface area contributed by atoms with Crippen LogP contribution in [-0.4, -0.2) is 20.7 Å². The van der Waals surface area contributed by atoms with Gasteiger partial charge in [-0.15, -0.1) is 0 Å². The van der Waals surface area contributed by atoms with Gasteiger partial charge in [0, 0.05) is 0 Å². The van der Waals surface area contributed by atoms with Crippen molar-refractivity contribution in [2.45, 2.75) is 32.5 Å². The maximum absolute atomic E-state index is 12.7. The van der Waals surface area contributed by atoms with Crippen LogP contribution in [0.15, 0.2) is 54.6 Å². The van der Waals surface area contributed by atoms with Crippen LogP contribution < -0.4 is 5.19 Å². The number of hydrogen-bond donors (Lipinski definition) is 0. The Kier molecular flexibility index (Phi) is 5.19. The first-order valence-corrected chi connectivity index (χ1v) is 10.8. The zero-order valence-electron chi connectivity index (χ0n) is 13.8. The summed E-state index contributed by atoms with van der Waals surface area (Å²) in [7, 11) is -2.05. The van der Waals surface area contributed by atoms with Crippen LogP contribution in [0.4, 0.5) is 0 Å². The first-order chi connectivity index (χ1) is 10.5. The Balaban J connectivity index is 2.51. The van der Waals surface area contributed by atoms with Gasteiger partial charge in [-0.1, -0.05) is 78.4 Å². The predicted octanol–water partition coefficient (Wildman–Crippen LogP) is 3.80. The Morgan fingerprint density at radius 3 is 2.36 bits per heavy atom. The lowest BCUT2D eigenvalue weighted by Crippen LogP contribution is -2.51. The van der Waals surface area contributed by atoms with Crippen molar-refractivity contribution >= 4 is 19.2 Å². The van der Waals surface area contributed by atoms with E-state index in [1.165, 1.54) is 10.8 Å². The maximum atomic E-state index is 12.7. The molecule has 0 saturated carbocycles. The summed E-state index contributed by atoms with van der Waals surface area (Å²) in [4.78, 5) is 12.7. The Hall–Kier alpha value is -1.87. The fourth-order valence-corrected chi connectivity index (χ4v) is 6.03. The Morgan fingerprint density at radius 1 is 1.09 bits per heavy atom. The first kappa shape index (κ1) is 16.5. The van der Waals surface area contributed by atoms with Gasteiger partial charge in [0.25, 0.3) is 0 Å². The minimum atomic E-state index is -2.05. The van der Waals surface area contributed by atoms with Gasteiger partial charge in [0.15, 0.2) is 0 Å². The molecule has 0 radical (unpaired) electrons. The third kappa shape index (κ3) is 3.47. The summed E-state index contributed by atoms with van der Waals surface area (Å²) in [6, 6.07) is 18.6. The van der Waals surface area contributed by atoms with Gasteiger partial charge in [-0.05, 0) is 19.4 Å². The molecule has 0 spiro atoms.